The Morgan fingerprint density at radius 3 is 1.38 bits per heavy atom. The summed E-state index contributed by atoms with van der Waals surface area (Å²) in [6.45, 7) is 9.49. The van der Waals surface area contributed by atoms with Crippen molar-refractivity contribution >= 4 is 32.3 Å². The first-order chi connectivity index (χ1) is 29.3. The number of hydrogen-bond acceptors (Lipinski definition) is 0. The molecule has 0 atom stereocenters. The zero-order valence-electron chi connectivity index (χ0n) is 34.5. The molecule has 60 heavy (non-hydrogen) atoms. The van der Waals surface area contributed by atoms with Gasteiger partial charge in [-0.25, -0.2) is 0 Å². The normalized spacial score (nSPS) is 14.3. The van der Waals surface area contributed by atoms with E-state index < -0.39 is 0 Å². The lowest BCUT2D eigenvalue weighted by Gasteiger charge is -2.23. The zero-order valence-corrected chi connectivity index (χ0v) is 34.5. The van der Waals surface area contributed by atoms with Gasteiger partial charge in [-0.2, -0.15) is 0 Å². The van der Waals surface area contributed by atoms with Crippen LogP contribution in [0.25, 0.3) is 99.1 Å². The van der Waals surface area contributed by atoms with Crippen molar-refractivity contribution < 1.29 is 0 Å². The maximum absolute atomic E-state index is 2.49. The van der Waals surface area contributed by atoms with Crippen LogP contribution >= 0.6 is 0 Å². The Morgan fingerprint density at radius 1 is 0.250 bits per heavy atom. The first-order valence-electron chi connectivity index (χ1n) is 21.3. The lowest BCUT2D eigenvalue weighted by atomic mass is 9.80. The van der Waals surface area contributed by atoms with Crippen LogP contribution in [0.15, 0.2) is 194 Å². The van der Waals surface area contributed by atoms with Gasteiger partial charge in [0.1, 0.15) is 0 Å². The number of rotatable bonds is 4. The molecule has 0 unspecified atom stereocenters. The molecule has 2 aliphatic rings. The van der Waals surface area contributed by atoms with Gasteiger partial charge in [0.15, 0.2) is 0 Å². The molecule has 0 heteroatoms. The molecule has 0 aliphatic heterocycles. The molecule has 10 aromatic rings. The van der Waals surface area contributed by atoms with E-state index in [0.29, 0.717) is 0 Å². The van der Waals surface area contributed by atoms with Crippen LogP contribution in [0.4, 0.5) is 0 Å². The molecular weight excluding hydrogens is 721 g/mol. The van der Waals surface area contributed by atoms with Crippen LogP contribution in [-0.4, -0.2) is 0 Å². The molecule has 2 aliphatic carbocycles. The van der Waals surface area contributed by atoms with E-state index in [1.165, 1.54) is 121 Å². The molecule has 0 nitrogen and oxygen atoms in total. The quantitative estimate of drug-likeness (QED) is 0.157. The summed E-state index contributed by atoms with van der Waals surface area (Å²) in [6.07, 6.45) is 0. The molecule has 0 aromatic heterocycles. The smallest absolute Gasteiger partial charge is 0.0159 e. The van der Waals surface area contributed by atoms with Crippen molar-refractivity contribution in [3.8, 4) is 66.8 Å². The average molecular weight is 765 g/mol. The van der Waals surface area contributed by atoms with E-state index in [9.17, 15) is 0 Å². The highest BCUT2D eigenvalue weighted by atomic mass is 14.4. The van der Waals surface area contributed by atoms with E-state index in [1.807, 2.05) is 0 Å². The first kappa shape index (κ1) is 35.0. The fourth-order valence-corrected chi connectivity index (χ4v) is 10.9. The van der Waals surface area contributed by atoms with Crippen LogP contribution in [-0.2, 0) is 10.8 Å². The molecule has 0 N–H and O–H groups in total. The summed E-state index contributed by atoms with van der Waals surface area (Å²) < 4.78 is 0. The highest BCUT2D eigenvalue weighted by Gasteiger charge is 2.36. The lowest BCUT2D eigenvalue weighted by molar-refractivity contribution is 0.660. The summed E-state index contributed by atoms with van der Waals surface area (Å²) in [5.41, 5.74) is 20.8. The van der Waals surface area contributed by atoms with Crippen molar-refractivity contribution in [3.63, 3.8) is 0 Å². The second-order valence-electron chi connectivity index (χ2n) is 18.1. The maximum Gasteiger partial charge on any atom is 0.0159 e. The van der Waals surface area contributed by atoms with E-state index in [2.05, 4.69) is 222 Å². The Kier molecular flexibility index (Phi) is 7.42. The minimum absolute atomic E-state index is 0.0555. The third-order valence-corrected chi connectivity index (χ3v) is 14.0. The summed E-state index contributed by atoms with van der Waals surface area (Å²) in [4.78, 5) is 0. The summed E-state index contributed by atoms with van der Waals surface area (Å²) in [6, 6.07) is 73.3. The third-order valence-electron chi connectivity index (χ3n) is 14.0. The van der Waals surface area contributed by atoms with Gasteiger partial charge in [-0.05, 0) is 152 Å². The van der Waals surface area contributed by atoms with Crippen molar-refractivity contribution in [3.05, 3.63) is 216 Å². The van der Waals surface area contributed by atoms with Gasteiger partial charge < -0.3 is 0 Å². The third kappa shape index (κ3) is 5.04. The van der Waals surface area contributed by atoms with Gasteiger partial charge >= 0.3 is 0 Å². The van der Waals surface area contributed by atoms with Crippen LogP contribution in [0.1, 0.15) is 49.9 Å². The van der Waals surface area contributed by atoms with Crippen LogP contribution in [0, 0.1) is 0 Å². The van der Waals surface area contributed by atoms with E-state index >= 15 is 0 Å². The summed E-state index contributed by atoms with van der Waals surface area (Å²) in [5.74, 6) is 0. The highest BCUT2D eigenvalue weighted by molar-refractivity contribution is 6.22. The molecular formula is C60H44. The monoisotopic (exact) mass is 764 g/mol. The van der Waals surface area contributed by atoms with E-state index in [4.69, 9.17) is 0 Å². The molecule has 0 amide bonds. The molecule has 284 valence electrons. The van der Waals surface area contributed by atoms with Gasteiger partial charge in [-0.1, -0.05) is 191 Å². The predicted molar refractivity (Wildman–Crippen MR) is 256 cm³/mol. The summed E-state index contributed by atoms with van der Waals surface area (Å²) in [7, 11) is 0. The maximum atomic E-state index is 2.49. The zero-order chi connectivity index (χ0) is 40.3. The van der Waals surface area contributed by atoms with Gasteiger partial charge in [0, 0.05) is 10.8 Å². The van der Waals surface area contributed by atoms with Crippen molar-refractivity contribution in [2.24, 2.45) is 0 Å². The predicted octanol–water partition coefficient (Wildman–Crippen LogP) is 16.4. The summed E-state index contributed by atoms with van der Waals surface area (Å²) >= 11 is 0. The number of hydrogen-bond donors (Lipinski definition) is 0. The van der Waals surface area contributed by atoms with E-state index in [0.717, 1.165) is 0 Å². The first-order valence-corrected chi connectivity index (χ1v) is 21.3. The molecule has 0 fully saturated rings. The molecule has 0 saturated heterocycles. The minimum Gasteiger partial charge on any atom is -0.0619 e. The fourth-order valence-electron chi connectivity index (χ4n) is 10.9. The van der Waals surface area contributed by atoms with Gasteiger partial charge in [-0.15, -0.1) is 0 Å². The van der Waals surface area contributed by atoms with Gasteiger partial charge in [0.2, 0.25) is 0 Å². The Balaban J connectivity index is 1.09. The average Bonchev–Trinajstić information content (AvgIpc) is 3.66. The SMILES string of the molecule is CC1(C)c2ccccc2-c2ccc(-c3cccc(-c4c5ccccc5c(-c5ccc6c(c5)C(C)(C)c5ccccc5-6)c5cc(-c6ccc7ccccc7c6)ccc45)c3)cc21. The van der Waals surface area contributed by atoms with Crippen molar-refractivity contribution in [1.82, 2.24) is 0 Å². The molecule has 0 bridgehead atoms. The van der Waals surface area contributed by atoms with Crippen LogP contribution in [0.2, 0.25) is 0 Å². The largest absolute Gasteiger partial charge is 0.0619 e. The Bertz CT molecular complexity index is 3430. The van der Waals surface area contributed by atoms with Crippen LogP contribution in [0.5, 0.6) is 0 Å². The molecule has 12 rings (SSSR count). The van der Waals surface area contributed by atoms with Crippen molar-refractivity contribution in [2.45, 2.75) is 38.5 Å². The molecule has 0 radical (unpaired) electrons. The van der Waals surface area contributed by atoms with Crippen molar-refractivity contribution in [1.29, 1.82) is 0 Å². The van der Waals surface area contributed by atoms with Gasteiger partial charge in [0.25, 0.3) is 0 Å². The topological polar surface area (TPSA) is 0 Å². The Morgan fingerprint density at radius 2 is 0.683 bits per heavy atom. The Hall–Kier alpha value is -7.02. The van der Waals surface area contributed by atoms with E-state index in [-0.39, 0.29) is 10.8 Å². The van der Waals surface area contributed by atoms with Crippen LogP contribution < -0.4 is 0 Å². The second-order valence-corrected chi connectivity index (χ2v) is 18.1. The summed E-state index contributed by atoms with van der Waals surface area (Å²) in [5, 5.41) is 7.58. The highest BCUT2D eigenvalue weighted by Crippen LogP contribution is 2.53. The second kappa shape index (κ2) is 12.7. The standard InChI is InChI=1S/C60H44/c1-59(2)53-22-11-9-18-45(53)47-29-26-42(35-55(47)59)39-16-13-17-43(33-39)57-49-20-7-8-21-50(49)58(44-28-30-48-46-19-10-12-23-54(46)60(3,4)56(48)36-44)52-34-41(27-31-51(52)57)40-25-24-37-14-5-6-15-38(37)32-40/h5-36H,1-4H3. The van der Waals surface area contributed by atoms with Crippen molar-refractivity contribution in [2.75, 3.05) is 0 Å². The van der Waals surface area contributed by atoms with Gasteiger partial charge in [-0.3, -0.25) is 0 Å². The Labute approximate surface area is 352 Å². The molecule has 0 saturated carbocycles. The van der Waals surface area contributed by atoms with Gasteiger partial charge in [0.05, 0.1) is 0 Å². The molecule has 0 heterocycles. The molecule has 0 spiro atoms. The fraction of sp³-hybridized carbons (Fsp3) is 0.100. The molecule has 10 aromatic carbocycles. The van der Waals surface area contributed by atoms with E-state index in [1.54, 1.807) is 0 Å². The lowest BCUT2D eigenvalue weighted by Crippen LogP contribution is -2.14. The van der Waals surface area contributed by atoms with Crippen LogP contribution in [0.3, 0.4) is 0 Å². The minimum atomic E-state index is -0.0975. The number of fused-ring (bicyclic) bond motifs is 9. The number of benzene rings is 10.